The maximum Gasteiger partial charge on any atom is 0.243 e. The first-order valence-electron chi connectivity index (χ1n) is 24.1. The van der Waals surface area contributed by atoms with E-state index in [1.807, 2.05) is 18.2 Å². The van der Waals surface area contributed by atoms with Crippen LogP contribution in [0.4, 0.5) is 0 Å². The lowest BCUT2D eigenvalue weighted by molar-refractivity contribution is -0.136. The molecule has 0 spiro atoms. The Morgan fingerprint density at radius 3 is 1.95 bits per heavy atom. The Kier molecular flexibility index (Phi) is 20.4. The molecule has 24 nitrogen and oxygen atoms in total. The number of amides is 9. The van der Waals surface area contributed by atoms with Crippen molar-refractivity contribution in [2.24, 2.45) is 34.0 Å². The van der Waals surface area contributed by atoms with Crippen molar-refractivity contribution in [2.75, 3.05) is 13.1 Å². The van der Waals surface area contributed by atoms with Gasteiger partial charge in [0.05, 0.1) is 12.9 Å². The number of carbonyl (C=O) groups is 9. The SMILES string of the molecule is CC(C)[C@H](NC(=O)[C@@H](NC(=O)[C@H]1CCC(=O)N[C@@H](Cc2cnc[nH]2)C(=O)N[C@@H](Cc2ccccc2)C(=O)N[C@@H](CCCN=C(N)N)C(=O)N[C@H](Cc2c[nH]c3ccccc23)C(=O)N1)C(C)C)C(=O)NCC(N)=O. The van der Waals surface area contributed by atoms with Gasteiger partial charge in [-0.15, -0.1) is 0 Å². The molecule has 0 unspecified atom stereocenters. The van der Waals surface area contributed by atoms with Crippen LogP contribution in [0.5, 0.6) is 0 Å². The maximum absolute atomic E-state index is 14.8. The van der Waals surface area contributed by atoms with Gasteiger partial charge < -0.3 is 69.7 Å². The molecule has 7 atom stereocenters. The highest BCUT2D eigenvalue weighted by Crippen LogP contribution is 2.20. The first-order valence-corrected chi connectivity index (χ1v) is 24.1. The number of hydrogen-bond donors (Lipinski definition) is 13. The van der Waals surface area contributed by atoms with Crippen molar-refractivity contribution in [1.82, 2.24) is 57.5 Å². The average Bonchev–Trinajstić information content (AvgIpc) is 4.02. The number of aromatic amines is 2. The number of primary amides is 1. The van der Waals surface area contributed by atoms with Gasteiger partial charge in [-0.1, -0.05) is 76.2 Å². The molecular weight excluding hydrogens is 943 g/mol. The lowest BCUT2D eigenvalue weighted by Crippen LogP contribution is -2.61. The monoisotopic (exact) mass is 1010 g/mol. The third-order valence-corrected chi connectivity index (χ3v) is 12.1. The van der Waals surface area contributed by atoms with Gasteiger partial charge in [-0.05, 0) is 48.3 Å². The fourth-order valence-corrected chi connectivity index (χ4v) is 8.14. The van der Waals surface area contributed by atoms with Gasteiger partial charge in [0.1, 0.15) is 42.3 Å². The zero-order chi connectivity index (χ0) is 53.2. The molecule has 3 heterocycles. The number of carbonyl (C=O) groups excluding carboxylic acids is 9. The Morgan fingerprint density at radius 1 is 0.699 bits per heavy atom. The van der Waals surface area contributed by atoms with E-state index in [1.54, 1.807) is 70.3 Å². The number of rotatable bonds is 19. The summed E-state index contributed by atoms with van der Waals surface area (Å²) in [4.78, 5) is 139. The van der Waals surface area contributed by atoms with Gasteiger partial charge in [-0.25, -0.2) is 4.98 Å². The van der Waals surface area contributed by atoms with Crippen LogP contribution in [-0.4, -0.2) is 129 Å². The Balaban J connectivity index is 1.55. The number of imidazole rings is 1. The summed E-state index contributed by atoms with van der Waals surface area (Å²) < 4.78 is 0. The number of nitrogens with zero attached hydrogens (tertiary/aromatic N) is 2. The molecule has 24 heteroatoms. The van der Waals surface area contributed by atoms with E-state index in [1.165, 1.54) is 12.5 Å². The van der Waals surface area contributed by atoms with Gasteiger partial charge in [-0.2, -0.15) is 0 Å². The number of aromatic nitrogens is 3. The van der Waals surface area contributed by atoms with E-state index >= 15 is 0 Å². The summed E-state index contributed by atoms with van der Waals surface area (Å²) in [6.07, 6.45) is 3.59. The molecule has 73 heavy (non-hydrogen) atoms. The van der Waals surface area contributed by atoms with E-state index in [4.69, 9.17) is 17.2 Å². The van der Waals surface area contributed by atoms with E-state index in [2.05, 4.69) is 62.5 Å². The molecule has 4 aromatic rings. The van der Waals surface area contributed by atoms with Crippen molar-refractivity contribution in [1.29, 1.82) is 0 Å². The lowest BCUT2D eigenvalue weighted by Gasteiger charge is -2.29. The third-order valence-electron chi connectivity index (χ3n) is 12.1. The summed E-state index contributed by atoms with van der Waals surface area (Å²) >= 11 is 0. The molecule has 1 aliphatic rings. The second-order valence-corrected chi connectivity index (χ2v) is 18.5. The highest BCUT2D eigenvalue weighted by molar-refractivity contribution is 5.99. The summed E-state index contributed by atoms with van der Waals surface area (Å²) in [5.74, 6) is -8.29. The number of H-pyrrole nitrogens is 2. The first kappa shape index (κ1) is 55.6. The molecule has 2 aromatic heterocycles. The normalized spacial score (nSPS) is 20.0. The summed E-state index contributed by atoms with van der Waals surface area (Å²) in [6.45, 7) is 6.22. The summed E-state index contributed by atoms with van der Waals surface area (Å²) in [5.41, 5.74) is 18.8. The number of benzene rings is 2. The van der Waals surface area contributed by atoms with Gasteiger partial charge >= 0.3 is 0 Å². The van der Waals surface area contributed by atoms with Crippen molar-refractivity contribution in [3.05, 3.63) is 90.1 Å². The van der Waals surface area contributed by atoms with Gasteiger partial charge in [0.25, 0.3) is 0 Å². The highest BCUT2D eigenvalue weighted by Gasteiger charge is 2.36. The number of aliphatic imine (C=N–C) groups is 1. The molecule has 5 rings (SSSR count). The molecule has 0 saturated carbocycles. The van der Waals surface area contributed by atoms with Crippen LogP contribution in [-0.2, 0) is 62.4 Å². The van der Waals surface area contributed by atoms with E-state index in [0.717, 1.165) is 10.9 Å². The summed E-state index contributed by atoms with van der Waals surface area (Å²) in [7, 11) is 0. The van der Waals surface area contributed by atoms with Crippen LogP contribution in [0.2, 0.25) is 0 Å². The number of fused-ring (bicyclic) bond motifs is 1. The molecule has 0 bridgehead atoms. The highest BCUT2D eigenvalue weighted by atomic mass is 16.2. The van der Waals surface area contributed by atoms with E-state index < -0.39 is 120 Å². The predicted molar refractivity (Wildman–Crippen MR) is 269 cm³/mol. The van der Waals surface area contributed by atoms with E-state index in [0.29, 0.717) is 16.8 Å². The maximum atomic E-state index is 14.8. The van der Waals surface area contributed by atoms with Crippen molar-refractivity contribution < 1.29 is 43.2 Å². The second-order valence-electron chi connectivity index (χ2n) is 18.5. The molecule has 0 radical (unpaired) electrons. The number of nitrogens with one attached hydrogen (secondary N) is 10. The van der Waals surface area contributed by atoms with Crippen LogP contribution in [0.15, 0.2) is 78.3 Å². The van der Waals surface area contributed by atoms with Crippen LogP contribution in [0.3, 0.4) is 0 Å². The van der Waals surface area contributed by atoms with Crippen LogP contribution in [0.1, 0.15) is 70.2 Å². The smallest absolute Gasteiger partial charge is 0.243 e. The Morgan fingerprint density at radius 2 is 1.30 bits per heavy atom. The van der Waals surface area contributed by atoms with Gasteiger partial charge in [0.15, 0.2) is 5.96 Å². The molecule has 16 N–H and O–H groups in total. The molecular formula is C49H67N15O9. The first-order chi connectivity index (χ1) is 34.8. The van der Waals surface area contributed by atoms with Crippen LogP contribution < -0.4 is 59.7 Å². The number of guanidine groups is 1. The molecule has 9 amide bonds. The molecule has 1 aliphatic heterocycles. The van der Waals surface area contributed by atoms with Crippen molar-refractivity contribution in [2.45, 2.75) is 115 Å². The van der Waals surface area contributed by atoms with E-state index in [9.17, 15) is 43.2 Å². The van der Waals surface area contributed by atoms with Crippen LogP contribution in [0, 0.1) is 11.8 Å². The molecule has 0 aliphatic carbocycles. The third kappa shape index (κ3) is 16.9. The van der Waals surface area contributed by atoms with Crippen LogP contribution in [0.25, 0.3) is 10.9 Å². The van der Waals surface area contributed by atoms with E-state index in [-0.39, 0.29) is 51.0 Å². The minimum atomic E-state index is -1.55. The van der Waals surface area contributed by atoms with Gasteiger partial charge in [0, 0.05) is 61.2 Å². The van der Waals surface area contributed by atoms with Gasteiger partial charge in [0.2, 0.25) is 53.2 Å². The average molecular weight is 1010 g/mol. The minimum absolute atomic E-state index is 0.0239. The number of nitrogens with two attached hydrogens (primary N) is 3. The Hall–Kier alpha value is -8.31. The largest absolute Gasteiger partial charge is 0.370 e. The number of para-hydroxylation sites is 1. The van der Waals surface area contributed by atoms with Crippen molar-refractivity contribution in [3.63, 3.8) is 0 Å². The van der Waals surface area contributed by atoms with Crippen molar-refractivity contribution >= 4 is 70.0 Å². The van der Waals surface area contributed by atoms with Crippen molar-refractivity contribution in [3.8, 4) is 0 Å². The van der Waals surface area contributed by atoms with Crippen LogP contribution >= 0.6 is 0 Å². The fourth-order valence-electron chi connectivity index (χ4n) is 8.14. The topological polar surface area (TPSA) is 385 Å². The molecule has 2 aromatic carbocycles. The zero-order valence-electron chi connectivity index (χ0n) is 41.3. The Bertz CT molecular complexity index is 2600. The number of hydrogen-bond acceptors (Lipinski definition) is 11. The second kappa shape index (κ2) is 26.8. The fraction of sp³-hybridized carbons (Fsp3) is 0.449. The Labute approximate surface area is 421 Å². The predicted octanol–water partition coefficient (Wildman–Crippen LogP) is -1.93. The zero-order valence-corrected chi connectivity index (χ0v) is 41.3. The van der Waals surface area contributed by atoms with Gasteiger partial charge in [-0.3, -0.25) is 48.1 Å². The molecule has 1 saturated heterocycles. The lowest BCUT2D eigenvalue weighted by atomic mass is 9.98. The standard InChI is InChI=1S/C49H67N15O9/c1-26(2)40(47(72)56-24-38(50)65)64-48(73)41(27(3)4)63-43(68)34-16-17-39(66)58-37(21-30-23-53-25-57-30)46(71)61-35(19-28-11-6-5-7-12-28)44(69)59-33(15-10-18-54-49(51)52)42(67)62-36(45(70)60-34)20-29-22-55-32-14-9-8-13-31(29)32/h5-9,11-14,22-23,25-27,33-37,40-41,55H,10,15-21,24H2,1-4H3,(H2,50,65)(H,53,57)(H,56,72)(H,58,66)(H,59,69)(H,60,70)(H,61,71)(H,62,67)(H,63,68)(H,64,73)(H4,51,52,54)/t33-,34+,35-,36+,37-,40-,41-/m0/s1. The molecule has 392 valence electrons. The molecule has 1 fully saturated rings. The minimum Gasteiger partial charge on any atom is -0.370 e. The summed E-state index contributed by atoms with van der Waals surface area (Å²) in [6, 6.07) is 6.77. The summed E-state index contributed by atoms with van der Waals surface area (Å²) in [5, 5.41) is 22.2. The quantitative estimate of drug-likeness (QED) is 0.0278.